The van der Waals surface area contributed by atoms with Crippen molar-refractivity contribution in [2.45, 2.75) is 81.9 Å². The van der Waals surface area contributed by atoms with E-state index < -0.39 is 79.0 Å². The fraction of sp³-hybridized carbons (Fsp3) is 0.750. The Hall–Kier alpha value is -2.13. The minimum Gasteiger partial charge on any atom is -0.479 e. The van der Waals surface area contributed by atoms with Gasteiger partial charge in [-0.05, 0) is 13.8 Å². The van der Waals surface area contributed by atoms with Crippen molar-refractivity contribution in [1.82, 2.24) is 5.32 Å². The molecule has 188 valence electrons. The molecule has 0 aromatic rings. The summed E-state index contributed by atoms with van der Waals surface area (Å²) in [6, 6.07) is -0.951. The van der Waals surface area contributed by atoms with Crippen LogP contribution in [0, 0.1) is 0 Å². The number of aliphatic hydroxyl groups excluding tert-OH is 3. The van der Waals surface area contributed by atoms with Gasteiger partial charge in [0, 0.05) is 19.6 Å². The van der Waals surface area contributed by atoms with Gasteiger partial charge >= 0.3 is 11.9 Å². The van der Waals surface area contributed by atoms with Crippen molar-refractivity contribution < 1.29 is 58.5 Å². The normalized spacial score (nSPS) is 38.9. The average Bonchev–Trinajstić information content (AvgIpc) is 2.73. The SMILES string of the molecule is C=C(C)C(=O)OCC1O[C@@H](C)C(NC(C)=O)[C@@H](O)[C@@H]1O[C@H]1OC(C(=O)O)[C@@H](OC)[C@H](O)C1O. The largest absolute Gasteiger partial charge is 0.479 e. The molecule has 2 rings (SSSR count). The van der Waals surface area contributed by atoms with Gasteiger partial charge in [-0.3, -0.25) is 4.79 Å². The molecular formula is C20H31NO12. The molecule has 0 bridgehead atoms. The highest BCUT2D eigenvalue weighted by Gasteiger charge is 2.52. The molecule has 0 aliphatic carbocycles. The Morgan fingerprint density at radius 3 is 2.18 bits per heavy atom. The molecule has 13 heteroatoms. The van der Waals surface area contributed by atoms with Crippen molar-refractivity contribution in [1.29, 1.82) is 0 Å². The van der Waals surface area contributed by atoms with Gasteiger partial charge in [0.2, 0.25) is 5.91 Å². The topological polar surface area (TPSA) is 190 Å². The summed E-state index contributed by atoms with van der Waals surface area (Å²) in [5.41, 5.74) is 0.122. The predicted octanol–water partition coefficient (Wildman–Crippen LogP) is -2.31. The van der Waals surface area contributed by atoms with Crippen LogP contribution in [0.5, 0.6) is 0 Å². The monoisotopic (exact) mass is 477 g/mol. The Morgan fingerprint density at radius 2 is 1.67 bits per heavy atom. The fourth-order valence-corrected chi connectivity index (χ4v) is 3.73. The van der Waals surface area contributed by atoms with Crippen molar-refractivity contribution in [3.8, 4) is 0 Å². The van der Waals surface area contributed by atoms with E-state index >= 15 is 0 Å². The lowest BCUT2D eigenvalue weighted by molar-refractivity contribution is -0.331. The molecule has 10 atom stereocenters. The lowest BCUT2D eigenvalue weighted by Gasteiger charge is -2.47. The lowest BCUT2D eigenvalue weighted by Crippen LogP contribution is -2.67. The van der Waals surface area contributed by atoms with Gasteiger partial charge in [0.15, 0.2) is 12.4 Å². The van der Waals surface area contributed by atoms with E-state index in [4.69, 9.17) is 23.7 Å². The number of carboxylic acids is 1. The zero-order chi connectivity index (χ0) is 25.0. The van der Waals surface area contributed by atoms with Crippen LogP contribution in [0.3, 0.4) is 0 Å². The van der Waals surface area contributed by atoms with Crippen LogP contribution < -0.4 is 5.32 Å². The van der Waals surface area contributed by atoms with Crippen molar-refractivity contribution in [3.63, 3.8) is 0 Å². The number of esters is 1. The third-order valence-electron chi connectivity index (χ3n) is 5.41. The molecule has 2 aliphatic heterocycles. The third-order valence-corrected chi connectivity index (χ3v) is 5.41. The number of nitrogens with one attached hydrogen (secondary N) is 1. The number of carbonyl (C=O) groups excluding carboxylic acids is 2. The van der Waals surface area contributed by atoms with Crippen LogP contribution in [0.15, 0.2) is 12.2 Å². The van der Waals surface area contributed by atoms with Gasteiger partial charge in [0.05, 0.1) is 12.1 Å². The summed E-state index contributed by atoms with van der Waals surface area (Å²) in [4.78, 5) is 35.0. The summed E-state index contributed by atoms with van der Waals surface area (Å²) in [6.45, 7) is 7.34. The van der Waals surface area contributed by atoms with Gasteiger partial charge in [0.1, 0.15) is 43.2 Å². The second-order valence-electron chi connectivity index (χ2n) is 8.02. The van der Waals surface area contributed by atoms with Crippen LogP contribution in [0.2, 0.25) is 0 Å². The Bertz CT molecular complexity index is 745. The Balaban J connectivity index is 2.28. The quantitative estimate of drug-likeness (QED) is 0.186. The Labute approximate surface area is 190 Å². The first-order valence-electron chi connectivity index (χ1n) is 10.2. The molecule has 1 amide bonds. The molecule has 0 radical (unpaired) electrons. The van der Waals surface area contributed by atoms with Gasteiger partial charge in [-0.1, -0.05) is 6.58 Å². The standard InChI is InChI=1S/C20H31NO12/c1-7(2)19(28)30-6-10-15(12(23)11(8(3)31-10)21-9(4)22)32-20-14(25)13(24)16(29-5)17(33-20)18(26)27/h8,10-17,20,23-25H,1,6H2,2-5H3,(H,21,22)(H,26,27)/t8-,10?,11?,12+,13+,14?,15+,16-,17?,20-/m0/s1. The molecule has 0 aromatic heterocycles. The molecule has 2 fully saturated rings. The zero-order valence-corrected chi connectivity index (χ0v) is 18.7. The fourth-order valence-electron chi connectivity index (χ4n) is 3.73. The van der Waals surface area contributed by atoms with Crippen LogP contribution in [-0.4, -0.2) is 113 Å². The van der Waals surface area contributed by atoms with Crippen LogP contribution >= 0.6 is 0 Å². The first-order chi connectivity index (χ1) is 15.4. The van der Waals surface area contributed by atoms with E-state index in [1.807, 2.05) is 0 Å². The van der Waals surface area contributed by atoms with Crippen molar-refractivity contribution in [2.24, 2.45) is 0 Å². The molecule has 2 aliphatic rings. The number of rotatable bonds is 8. The van der Waals surface area contributed by atoms with Gasteiger partial charge in [-0.25, -0.2) is 9.59 Å². The van der Waals surface area contributed by atoms with Crippen LogP contribution in [0.1, 0.15) is 20.8 Å². The van der Waals surface area contributed by atoms with E-state index in [0.717, 1.165) is 7.11 Å². The summed E-state index contributed by atoms with van der Waals surface area (Å²) < 4.78 is 26.8. The summed E-state index contributed by atoms with van der Waals surface area (Å²) in [6.07, 6.45) is -12.9. The number of aliphatic carboxylic acids is 1. The molecular weight excluding hydrogens is 446 g/mol. The van der Waals surface area contributed by atoms with Crippen molar-refractivity contribution in [2.75, 3.05) is 13.7 Å². The molecule has 13 nitrogen and oxygen atoms in total. The first-order valence-corrected chi connectivity index (χ1v) is 10.2. The van der Waals surface area contributed by atoms with E-state index in [1.165, 1.54) is 13.8 Å². The van der Waals surface area contributed by atoms with Gasteiger partial charge < -0.3 is 49.4 Å². The van der Waals surface area contributed by atoms with E-state index in [1.54, 1.807) is 6.92 Å². The number of carboxylic acid groups (broad SMARTS) is 1. The van der Waals surface area contributed by atoms with Gasteiger partial charge in [-0.2, -0.15) is 0 Å². The number of hydrogen-bond acceptors (Lipinski definition) is 11. The summed E-state index contributed by atoms with van der Waals surface area (Å²) in [5.74, 6) is -2.65. The highest BCUT2D eigenvalue weighted by atomic mass is 16.7. The lowest BCUT2D eigenvalue weighted by atomic mass is 9.92. The van der Waals surface area contributed by atoms with Crippen LogP contribution in [0.4, 0.5) is 0 Å². The average molecular weight is 477 g/mol. The van der Waals surface area contributed by atoms with Gasteiger partial charge in [-0.15, -0.1) is 0 Å². The highest BCUT2D eigenvalue weighted by molar-refractivity contribution is 5.86. The first kappa shape index (κ1) is 27.1. The second kappa shape index (κ2) is 11.3. The maximum atomic E-state index is 11.8. The van der Waals surface area contributed by atoms with Crippen molar-refractivity contribution >= 4 is 17.8 Å². The molecule has 33 heavy (non-hydrogen) atoms. The van der Waals surface area contributed by atoms with Crippen molar-refractivity contribution in [3.05, 3.63) is 12.2 Å². The highest BCUT2D eigenvalue weighted by Crippen LogP contribution is 2.30. The number of carbonyl (C=O) groups is 3. The Kier molecular flexibility index (Phi) is 9.31. The summed E-state index contributed by atoms with van der Waals surface area (Å²) in [5, 5.41) is 43.6. The second-order valence-corrected chi connectivity index (χ2v) is 8.02. The van der Waals surface area contributed by atoms with Crippen LogP contribution in [0.25, 0.3) is 0 Å². The predicted molar refractivity (Wildman–Crippen MR) is 108 cm³/mol. The number of methoxy groups -OCH3 is 1. The Morgan fingerprint density at radius 1 is 1.03 bits per heavy atom. The molecule has 0 aromatic carbocycles. The van der Waals surface area contributed by atoms with E-state index in [9.17, 15) is 34.8 Å². The molecule has 2 heterocycles. The van der Waals surface area contributed by atoms with Gasteiger partial charge in [0.25, 0.3) is 0 Å². The number of aliphatic hydroxyl groups is 3. The van der Waals surface area contributed by atoms with E-state index in [2.05, 4.69) is 11.9 Å². The molecule has 0 saturated carbocycles. The molecule has 4 unspecified atom stereocenters. The molecule has 0 spiro atoms. The minimum atomic E-state index is -1.75. The summed E-state index contributed by atoms with van der Waals surface area (Å²) >= 11 is 0. The summed E-state index contributed by atoms with van der Waals surface area (Å²) in [7, 11) is 1.14. The number of amides is 1. The zero-order valence-electron chi connectivity index (χ0n) is 18.7. The maximum Gasteiger partial charge on any atom is 0.335 e. The number of ether oxygens (including phenoxy) is 5. The van der Waals surface area contributed by atoms with Crippen LogP contribution in [-0.2, 0) is 38.1 Å². The third kappa shape index (κ3) is 6.26. The smallest absolute Gasteiger partial charge is 0.335 e. The van der Waals surface area contributed by atoms with E-state index in [-0.39, 0.29) is 12.2 Å². The molecule has 2 saturated heterocycles. The van der Waals surface area contributed by atoms with E-state index in [0.29, 0.717) is 0 Å². The maximum absolute atomic E-state index is 11.8. The minimum absolute atomic E-state index is 0.122. The number of hydrogen-bond donors (Lipinski definition) is 5. The molecule has 5 N–H and O–H groups in total.